The van der Waals surface area contributed by atoms with Gasteiger partial charge in [0, 0.05) is 0 Å². The summed E-state index contributed by atoms with van der Waals surface area (Å²) in [5.74, 6) is 0. The number of para-hydroxylation sites is 1. The summed E-state index contributed by atoms with van der Waals surface area (Å²) in [6.45, 7) is 1.95. The lowest BCUT2D eigenvalue weighted by Gasteiger charge is -2.03. The van der Waals surface area contributed by atoms with E-state index < -0.39 is 3.79 Å². The zero-order chi connectivity index (χ0) is 9.90. The molecule has 14 heavy (non-hydrogen) atoms. The van der Waals surface area contributed by atoms with Gasteiger partial charge in [-0.15, -0.1) is 17.0 Å². The fraction of sp³-hybridized carbons (Fsp3) is 0.222. The summed E-state index contributed by atoms with van der Waals surface area (Å²) in [5, 5.41) is 0. The first-order chi connectivity index (χ1) is 5.99. The van der Waals surface area contributed by atoms with E-state index in [0.29, 0.717) is 0 Å². The minimum absolute atomic E-state index is 0. The Morgan fingerprint density at radius 1 is 1.21 bits per heavy atom. The van der Waals surface area contributed by atoms with Gasteiger partial charge in [0.25, 0.3) is 0 Å². The number of aryl methyl sites for hydroxylation is 1. The lowest BCUT2D eigenvalue weighted by molar-refractivity contribution is 1.39. The van der Waals surface area contributed by atoms with E-state index in [9.17, 15) is 0 Å². The molecule has 0 aliphatic heterocycles. The first-order valence-corrected chi connectivity index (χ1v) is 4.80. The lowest BCUT2D eigenvalue weighted by Crippen LogP contribution is -2.02. The number of nitrogens with zero attached hydrogens (tertiary/aromatic N) is 1. The van der Waals surface area contributed by atoms with Crippen molar-refractivity contribution in [3.05, 3.63) is 29.8 Å². The monoisotopic (exact) mass is 315 g/mol. The fourth-order valence-corrected chi connectivity index (χ4v) is 0.997. The van der Waals surface area contributed by atoms with Crippen LogP contribution in [0.25, 0.3) is 0 Å². The average molecular weight is 317 g/mol. The van der Waals surface area contributed by atoms with E-state index in [1.54, 1.807) is 0 Å². The molecule has 0 bridgehead atoms. The topological polar surface area (TPSA) is 12.4 Å². The molecule has 0 radical (unpaired) electrons. The molecular weight excluding hydrogens is 308 g/mol. The van der Waals surface area contributed by atoms with Crippen molar-refractivity contribution in [3.63, 3.8) is 0 Å². The number of hydrogen-bond acceptors (Lipinski definition) is 1. The van der Waals surface area contributed by atoms with E-state index in [1.807, 2.05) is 31.2 Å². The molecule has 0 aliphatic carbocycles. The number of benzene rings is 1. The second-order valence-corrected chi connectivity index (χ2v) is 4.96. The van der Waals surface area contributed by atoms with Crippen LogP contribution in [0.2, 0.25) is 0 Å². The quantitative estimate of drug-likeness (QED) is 0.528. The fourth-order valence-electron chi connectivity index (χ4n) is 0.851. The summed E-state index contributed by atoms with van der Waals surface area (Å²) in [6, 6.07) is 7.63. The van der Waals surface area contributed by atoms with Crippen LogP contribution in [0.4, 0.5) is 5.69 Å². The predicted molar refractivity (Wildman–Crippen MR) is 69.9 cm³/mol. The number of rotatable bonds is 1. The predicted octanol–water partition coefficient (Wildman–Crippen LogP) is 4.65. The minimum Gasteiger partial charge on any atom is -0.257 e. The molecular formula is C9H9BrCl3N. The molecule has 0 aromatic heterocycles. The van der Waals surface area contributed by atoms with Gasteiger partial charge < -0.3 is 0 Å². The van der Waals surface area contributed by atoms with Crippen molar-refractivity contribution in [3.8, 4) is 0 Å². The van der Waals surface area contributed by atoms with Crippen LogP contribution < -0.4 is 0 Å². The number of aliphatic imine (C=N–C) groups is 1. The van der Waals surface area contributed by atoms with Gasteiger partial charge in [-0.3, -0.25) is 4.99 Å². The van der Waals surface area contributed by atoms with Gasteiger partial charge in [-0.25, -0.2) is 0 Å². The molecule has 0 amide bonds. The van der Waals surface area contributed by atoms with Crippen molar-refractivity contribution >= 4 is 63.7 Å². The normalized spacial score (nSPS) is 11.4. The molecule has 0 saturated heterocycles. The second-order valence-electron chi connectivity index (χ2n) is 2.59. The van der Waals surface area contributed by atoms with Gasteiger partial charge in [-0.2, -0.15) is 0 Å². The highest BCUT2D eigenvalue weighted by Gasteiger charge is 2.15. The maximum absolute atomic E-state index is 5.52. The summed E-state index contributed by atoms with van der Waals surface area (Å²) in [6.07, 6.45) is 1.29. The Labute approximate surface area is 109 Å². The molecule has 78 valence electrons. The van der Waals surface area contributed by atoms with Crippen LogP contribution in [0.5, 0.6) is 0 Å². The van der Waals surface area contributed by atoms with Gasteiger partial charge in [0.05, 0.1) is 11.9 Å². The summed E-state index contributed by atoms with van der Waals surface area (Å²) in [5.41, 5.74) is 1.86. The van der Waals surface area contributed by atoms with E-state index in [4.69, 9.17) is 34.8 Å². The average Bonchev–Trinajstić information content (AvgIpc) is 2.01. The van der Waals surface area contributed by atoms with Crippen LogP contribution in [0.3, 0.4) is 0 Å². The Hall–Kier alpha value is 0.240. The maximum atomic E-state index is 5.52. The molecule has 0 heterocycles. The molecule has 5 heteroatoms. The van der Waals surface area contributed by atoms with Gasteiger partial charge in [-0.1, -0.05) is 53.0 Å². The van der Waals surface area contributed by atoms with Gasteiger partial charge in [0.2, 0.25) is 3.79 Å². The van der Waals surface area contributed by atoms with Gasteiger partial charge in [0.1, 0.15) is 0 Å². The highest BCUT2D eigenvalue weighted by atomic mass is 79.9. The number of hydrogen-bond donors (Lipinski definition) is 0. The van der Waals surface area contributed by atoms with Crippen LogP contribution in [-0.2, 0) is 0 Å². The first-order valence-electron chi connectivity index (χ1n) is 3.66. The Morgan fingerprint density at radius 2 is 1.79 bits per heavy atom. The van der Waals surface area contributed by atoms with Crippen molar-refractivity contribution in [1.82, 2.24) is 0 Å². The zero-order valence-electron chi connectivity index (χ0n) is 7.38. The van der Waals surface area contributed by atoms with Crippen molar-refractivity contribution in [2.75, 3.05) is 0 Å². The summed E-state index contributed by atoms with van der Waals surface area (Å²) < 4.78 is -1.43. The Morgan fingerprint density at radius 3 is 2.29 bits per heavy atom. The van der Waals surface area contributed by atoms with Gasteiger partial charge >= 0.3 is 0 Å². The van der Waals surface area contributed by atoms with Crippen molar-refractivity contribution in [1.29, 1.82) is 0 Å². The minimum atomic E-state index is -1.43. The smallest absolute Gasteiger partial charge is 0.225 e. The molecule has 0 fully saturated rings. The molecule has 1 aromatic rings. The molecule has 0 saturated carbocycles. The van der Waals surface area contributed by atoms with E-state index >= 15 is 0 Å². The van der Waals surface area contributed by atoms with Crippen LogP contribution in [0.15, 0.2) is 29.3 Å². The third kappa shape index (κ3) is 5.20. The standard InChI is InChI=1S/C9H8Cl3N.BrH/c1-7-4-2-3-5-8(7)13-6-9(10,11)12;/h2-6H,1H3;1H. The molecule has 1 nitrogen and oxygen atoms in total. The molecule has 0 N–H and O–H groups in total. The SMILES string of the molecule is Br.Cc1ccccc1N=CC(Cl)(Cl)Cl. The van der Waals surface area contributed by atoms with Gasteiger partial charge in [0.15, 0.2) is 0 Å². The highest BCUT2D eigenvalue weighted by Crippen LogP contribution is 2.25. The largest absolute Gasteiger partial charge is 0.257 e. The molecule has 0 spiro atoms. The summed E-state index contributed by atoms with van der Waals surface area (Å²) in [7, 11) is 0. The summed E-state index contributed by atoms with van der Waals surface area (Å²) >= 11 is 16.6. The Kier molecular flexibility index (Phi) is 6.06. The first kappa shape index (κ1) is 14.2. The van der Waals surface area contributed by atoms with Crippen LogP contribution in [-0.4, -0.2) is 10.0 Å². The van der Waals surface area contributed by atoms with E-state index in [0.717, 1.165) is 11.3 Å². The third-order valence-electron chi connectivity index (χ3n) is 1.47. The van der Waals surface area contributed by atoms with E-state index in [2.05, 4.69) is 4.99 Å². The maximum Gasteiger partial charge on any atom is 0.225 e. The van der Waals surface area contributed by atoms with Crippen molar-refractivity contribution in [2.45, 2.75) is 10.7 Å². The van der Waals surface area contributed by atoms with Crippen LogP contribution >= 0.6 is 51.8 Å². The molecule has 0 aliphatic rings. The van der Waals surface area contributed by atoms with E-state index in [-0.39, 0.29) is 17.0 Å². The Balaban J connectivity index is 0.00000169. The van der Waals surface area contributed by atoms with Gasteiger partial charge in [-0.05, 0) is 18.6 Å². The lowest BCUT2D eigenvalue weighted by atomic mass is 10.2. The summed E-state index contributed by atoms with van der Waals surface area (Å²) in [4.78, 5) is 4.06. The zero-order valence-corrected chi connectivity index (χ0v) is 11.4. The molecule has 1 rings (SSSR count). The van der Waals surface area contributed by atoms with Crippen LogP contribution in [0, 0.1) is 6.92 Å². The molecule has 1 aromatic carbocycles. The highest BCUT2D eigenvalue weighted by molar-refractivity contribution is 8.93. The van der Waals surface area contributed by atoms with Crippen molar-refractivity contribution < 1.29 is 0 Å². The van der Waals surface area contributed by atoms with E-state index in [1.165, 1.54) is 6.21 Å². The number of halogens is 4. The molecule has 0 atom stereocenters. The second kappa shape index (κ2) is 5.96. The third-order valence-corrected chi connectivity index (χ3v) is 1.76. The molecule has 0 unspecified atom stereocenters. The number of alkyl halides is 3. The van der Waals surface area contributed by atoms with Crippen molar-refractivity contribution in [2.24, 2.45) is 4.99 Å². The Bertz CT molecular complexity index is 320. The van der Waals surface area contributed by atoms with Crippen LogP contribution in [0.1, 0.15) is 5.56 Å².